The molecule has 1 saturated heterocycles. The third-order valence-corrected chi connectivity index (χ3v) is 7.16. The molecule has 1 aliphatic heterocycles. The van der Waals surface area contributed by atoms with Gasteiger partial charge in [-0.2, -0.15) is 0 Å². The van der Waals surface area contributed by atoms with Gasteiger partial charge in [-0.25, -0.2) is 12.8 Å². The van der Waals surface area contributed by atoms with Gasteiger partial charge >= 0.3 is 0 Å². The van der Waals surface area contributed by atoms with Crippen molar-refractivity contribution in [2.75, 3.05) is 30.9 Å². The van der Waals surface area contributed by atoms with E-state index in [0.717, 1.165) is 31.6 Å². The number of hydrogen-bond donors (Lipinski definition) is 1. The molecule has 1 N–H and O–H groups in total. The molecule has 31 heavy (non-hydrogen) atoms. The third-order valence-electron chi connectivity index (χ3n) is 5.30. The number of benzene rings is 2. The van der Waals surface area contributed by atoms with Gasteiger partial charge in [0.25, 0.3) is 15.9 Å². The Bertz CT molecular complexity index is 1050. The van der Waals surface area contributed by atoms with Gasteiger partial charge in [0.2, 0.25) is 0 Å². The molecule has 3 rings (SSSR count). The number of nitrogens with zero attached hydrogens (tertiary/aromatic N) is 2. The summed E-state index contributed by atoms with van der Waals surface area (Å²) in [4.78, 5) is 17.0. The zero-order chi connectivity index (χ0) is 22.8. The first-order valence-electron chi connectivity index (χ1n) is 10.1. The summed E-state index contributed by atoms with van der Waals surface area (Å²) in [6.45, 7) is 9.26. The Hall–Kier alpha value is -2.16. The van der Waals surface area contributed by atoms with Crippen LogP contribution in [0, 0.1) is 5.82 Å². The molecule has 2 aromatic rings. The Kier molecular flexibility index (Phi) is 6.93. The van der Waals surface area contributed by atoms with Gasteiger partial charge in [0, 0.05) is 43.0 Å². The Morgan fingerprint density at radius 3 is 2.35 bits per heavy atom. The van der Waals surface area contributed by atoms with Gasteiger partial charge in [-0.1, -0.05) is 11.6 Å². The molecule has 0 aliphatic carbocycles. The zero-order valence-corrected chi connectivity index (χ0v) is 19.4. The third kappa shape index (κ3) is 5.75. The molecule has 2 aromatic carbocycles. The molecule has 0 spiro atoms. The summed E-state index contributed by atoms with van der Waals surface area (Å²) in [6, 6.07) is 9.17. The largest absolute Gasteiger partial charge is 0.337 e. The minimum Gasteiger partial charge on any atom is -0.337 e. The number of rotatable bonds is 4. The van der Waals surface area contributed by atoms with E-state index in [1.54, 1.807) is 4.90 Å². The number of carbonyl (C=O) groups excluding carboxylic acids is 1. The second-order valence-electron chi connectivity index (χ2n) is 8.56. The number of sulfonamides is 1. The molecule has 0 radical (unpaired) electrons. The predicted molar refractivity (Wildman–Crippen MR) is 121 cm³/mol. The van der Waals surface area contributed by atoms with Gasteiger partial charge in [-0.3, -0.25) is 14.4 Å². The van der Waals surface area contributed by atoms with Crippen LogP contribution in [-0.4, -0.2) is 55.8 Å². The van der Waals surface area contributed by atoms with Crippen molar-refractivity contribution < 1.29 is 17.6 Å². The van der Waals surface area contributed by atoms with Crippen molar-refractivity contribution in [3.8, 4) is 0 Å². The standard InChI is InChI=1S/C22H27ClFN3O3S/c1-22(2,3)27-12-4-11-26(13-14-27)21(28)16-5-10-19(23)20(15-16)31(29,30)25-18-8-6-17(24)7-9-18/h5-10,15,25H,4,11-14H2,1-3H3. The van der Waals surface area contributed by atoms with Crippen molar-refractivity contribution >= 4 is 33.2 Å². The lowest BCUT2D eigenvalue weighted by Crippen LogP contribution is -2.44. The molecule has 0 atom stereocenters. The number of carbonyl (C=O) groups is 1. The molecule has 0 saturated carbocycles. The second-order valence-corrected chi connectivity index (χ2v) is 10.6. The lowest BCUT2D eigenvalue weighted by molar-refractivity contribution is 0.0749. The normalized spacial score (nSPS) is 16.1. The molecule has 1 fully saturated rings. The predicted octanol–water partition coefficient (Wildman–Crippen LogP) is 4.23. The minimum absolute atomic E-state index is 0.000866. The van der Waals surface area contributed by atoms with E-state index in [1.807, 2.05) is 0 Å². The van der Waals surface area contributed by atoms with E-state index >= 15 is 0 Å². The van der Waals surface area contributed by atoms with Crippen LogP contribution in [0.5, 0.6) is 0 Å². The Morgan fingerprint density at radius 2 is 1.71 bits per heavy atom. The maximum absolute atomic E-state index is 13.1. The number of hydrogen-bond acceptors (Lipinski definition) is 4. The summed E-state index contributed by atoms with van der Waals surface area (Å²) in [5.41, 5.74) is 0.476. The highest BCUT2D eigenvalue weighted by molar-refractivity contribution is 7.92. The molecule has 168 valence electrons. The van der Waals surface area contributed by atoms with E-state index in [2.05, 4.69) is 30.4 Å². The van der Waals surface area contributed by atoms with Crippen LogP contribution in [0.15, 0.2) is 47.4 Å². The lowest BCUT2D eigenvalue weighted by Gasteiger charge is -2.34. The topological polar surface area (TPSA) is 69.7 Å². The van der Waals surface area contributed by atoms with Crippen molar-refractivity contribution in [1.29, 1.82) is 0 Å². The van der Waals surface area contributed by atoms with Crippen molar-refractivity contribution in [3.05, 3.63) is 58.9 Å². The van der Waals surface area contributed by atoms with E-state index in [0.29, 0.717) is 13.1 Å². The van der Waals surface area contributed by atoms with Crippen LogP contribution in [0.4, 0.5) is 10.1 Å². The zero-order valence-electron chi connectivity index (χ0n) is 17.9. The molecule has 6 nitrogen and oxygen atoms in total. The molecular formula is C22H27ClFN3O3S. The first-order chi connectivity index (χ1) is 14.5. The molecule has 0 bridgehead atoms. The van der Waals surface area contributed by atoms with Crippen LogP contribution >= 0.6 is 11.6 Å². The fourth-order valence-electron chi connectivity index (χ4n) is 3.54. The quantitative estimate of drug-likeness (QED) is 0.730. The Morgan fingerprint density at radius 1 is 1.03 bits per heavy atom. The highest BCUT2D eigenvalue weighted by atomic mass is 35.5. The van der Waals surface area contributed by atoms with E-state index in [9.17, 15) is 17.6 Å². The van der Waals surface area contributed by atoms with Gasteiger partial charge in [-0.15, -0.1) is 0 Å². The summed E-state index contributed by atoms with van der Waals surface area (Å²) in [6.07, 6.45) is 0.841. The highest BCUT2D eigenvalue weighted by Crippen LogP contribution is 2.26. The maximum Gasteiger partial charge on any atom is 0.263 e. The van der Waals surface area contributed by atoms with Crippen molar-refractivity contribution in [1.82, 2.24) is 9.80 Å². The van der Waals surface area contributed by atoms with E-state index < -0.39 is 15.8 Å². The molecule has 9 heteroatoms. The van der Waals surface area contributed by atoms with Gasteiger partial charge in [0.1, 0.15) is 10.7 Å². The number of amides is 1. The van der Waals surface area contributed by atoms with Crippen molar-refractivity contribution in [2.24, 2.45) is 0 Å². The second kappa shape index (κ2) is 9.14. The van der Waals surface area contributed by atoms with Crippen LogP contribution in [0.2, 0.25) is 5.02 Å². The summed E-state index contributed by atoms with van der Waals surface area (Å²) in [5.74, 6) is -0.707. The summed E-state index contributed by atoms with van der Waals surface area (Å²) >= 11 is 6.15. The van der Waals surface area contributed by atoms with Gasteiger partial charge in [0.15, 0.2) is 0 Å². The van der Waals surface area contributed by atoms with E-state index in [-0.39, 0.29) is 32.6 Å². The average Bonchev–Trinajstić information content (AvgIpc) is 2.95. The van der Waals surface area contributed by atoms with Gasteiger partial charge < -0.3 is 4.90 Å². The van der Waals surface area contributed by atoms with Crippen LogP contribution in [0.25, 0.3) is 0 Å². The van der Waals surface area contributed by atoms with Gasteiger partial charge in [0.05, 0.1) is 5.02 Å². The molecule has 1 aliphatic rings. The summed E-state index contributed by atoms with van der Waals surface area (Å²) < 4.78 is 41.2. The van der Waals surface area contributed by atoms with Crippen molar-refractivity contribution in [3.63, 3.8) is 0 Å². The number of nitrogens with one attached hydrogen (secondary N) is 1. The molecule has 0 unspecified atom stereocenters. The SMILES string of the molecule is CC(C)(C)N1CCCN(C(=O)c2ccc(Cl)c(S(=O)(=O)Nc3ccc(F)cc3)c2)CC1. The van der Waals surface area contributed by atoms with E-state index in [1.165, 1.54) is 30.3 Å². The average molecular weight is 468 g/mol. The first kappa shape index (κ1) is 23.5. The number of halogens is 2. The Labute approximate surface area is 188 Å². The smallest absolute Gasteiger partial charge is 0.263 e. The monoisotopic (exact) mass is 467 g/mol. The van der Waals surface area contributed by atoms with Crippen LogP contribution in [-0.2, 0) is 10.0 Å². The minimum atomic E-state index is -4.06. The molecule has 1 amide bonds. The fraction of sp³-hybridized carbons (Fsp3) is 0.409. The van der Waals surface area contributed by atoms with Crippen LogP contribution < -0.4 is 4.72 Å². The maximum atomic E-state index is 13.1. The first-order valence-corrected chi connectivity index (χ1v) is 12.0. The Balaban J connectivity index is 1.81. The van der Waals surface area contributed by atoms with Crippen LogP contribution in [0.1, 0.15) is 37.6 Å². The highest BCUT2D eigenvalue weighted by Gasteiger charge is 2.27. The van der Waals surface area contributed by atoms with Crippen LogP contribution in [0.3, 0.4) is 0 Å². The molecule has 0 aromatic heterocycles. The van der Waals surface area contributed by atoms with Crippen molar-refractivity contribution in [2.45, 2.75) is 37.6 Å². The fourth-order valence-corrected chi connectivity index (χ4v) is 5.13. The lowest BCUT2D eigenvalue weighted by atomic mass is 10.1. The summed E-state index contributed by atoms with van der Waals surface area (Å²) in [5, 5.41) is 0.000866. The van der Waals surface area contributed by atoms with Gasteiger partial charge in [-0.05, 0) is 69.7 Å². The summed E-state index contributed by atoms with van der Waals surface area (Å²) in [7, 11) is -4.06. The molecular weight excluding hydrogens is 441 g/mol. The molecule has 1 heterocycles. The van der Waals surface area contributed by atoms with E-state index in [4.69, 9.17) is 11.6 Å². The number of anilines is 1.